The summed E-state index contributed by atoms with van der Waals surface area (Å²) < 4.78 is 10.8. The van der Waals surface area contributed by atoms with Crippen LogP contribution in [0.1, 0.15) is 39.0 Å². The van der Waals surface area contributed by atoms with Crippen LogP contribution in [0.2, 0.25) is 0 Å². The highest BCUT2D eigenvalue weighted by atomic mass is 16.5. The molecule has 6 unspecified atom stereocenters. The first-order valence-electron chi connectivity index (χ1n) is 9.31. The first-order valence-corrected chi connectivity index (χ1v) is 9.31. The van der Waals surface area contributed by atoms with Gasteiger partial charge in [-0.25, -0.2) is 0 Å². The van der Waals surface area contributed by atoms with Gasteiger partial charge in [-0.2, -0.15) is 0 Å². The maximum absolute atomic E-state index is 12.2. The van der Waals surface area contributed by atoms with E-state index in [1.807, 2.05) is 0 Å². The molecule has 0 N–H and O–H groups in total. The van der Waals surface area contributed by atoms with E-state index in [0.29, 0.717) is 43.3 Å². The van der Waals surface area contributed by atoms with Crippen LogP contribution in [0.15, 0.2) is 23.8 Å². The van der Waals surface area contributed by atoms with Crippen LogP contribution in [-0.2, 0) is 19.1 Å². The average Bonchev–Trinajstić information content (AvgIpc) is 3.33. The summed E-state index contributed by atoms with van der Waals surface area (Å²) >= 11 is 0. The Labute approximate surface area is 143 Å². The summed E-state index contributed by atoms with van der Waals surface area (Å²) in [5.41, 5.74) is 1.35. The summed E-state index contributed by atoms with van der Waals surface area (Å²) in [6.07, 6.45) is 11.4. The zero-order valence-corrected chi connectivity index (χ0v) is 14.3. The number of carbonyl (C=O) groups is 2. The molecule has 24 heavy (non-hydrogen) atoms. The van der Waals surface area contributed by atoms with Gasteiger partial charge in [0.2, 0.25) is 0 Å². The van der Waals surface area contributed by atoms with Crippen LogP contribution in [-0.4, -0.2) is 25.2 Å². The molecule has 0 aliphatic heterocycles. The lowest BCUT2D eigenvalue weighted by molar-refractivity contribution is -0.152. The lowest BCUT2D eigenvalue weighted by Gasteiger charge is -2.20. The highest BCUT2D eigenvalue weighted by Crippen LogP contribution is 2.48. The van der Waals surface area contributed by atoms with E-state index in [0.717, 1.165) is 25.7 Å². The Balaban J connectivity index is 1.13. The van der Waals surface area contributed by atoms with Gasteiger partial charge in [0.25, 0.3) is 0 Å². The van der Waals surface area contributed by atoms with E-state index in [1.54, 1.807) is 0 Å². The van der Waals surface area contributed by atoms with Crippen molar-refractivity contribution < 1.29 is 19.1 Å². The van der Waals surface area contributed by atoms with Crippen molar-refractivity contribution in [3.8, 4) is 0 Å². The Morgan fingerprint density at radius 1 is 0.958 bits per heavy atom. The molecule has 0 radical (unpaired) electrons. The molecule has 4 bridgehead atoms. The number of fused-ring (bicyclic) bond motifs is 4. The van der Waals surface area contributed by atoms with Gasteiger partial charge in [-0.3, -0.25) is 9.59 Å². The molecule has 130 valence electrons. The summed E-state index contributed by atoms with van der Waals surface area (Å²) in [5.74, 6) is 1.87. The second-order valence-corrected chi connectivity index (χ2v) is 7.93. The maximum Gasteiger partial charge on any atom is 0.309 e. The minimum absolute atomic E-state index is 0.0448. The van der Waals surface area contributed by atoms with Crippen molar-refractivity contribution in [2.75, 3.05) is 13.2 Å². The van der Waals surface area contributed by atoms with Crippen LogP contribution in [0, 0.1) is 35.5 Å². The Bertz CT molecular complexity index is 590. The van der Waals surface area contributed by atoms with E-state index < -0.39 is 0 Å². The minimum Gasteiger partial charge on any atom is -0.465 e. The highest BCUT2D eigenvalue weighted by molar-refractivity contribution is 5.74. The van der Waals surface area contributed by atoms with Crippen molar-refractivity contribution in [1.82, 2.24) is 0 Å². The standard InChI is InChI=1S/C20H26O4/c1-12-7-14-10-16(12)18(11-14)20(22)24-6-2-5-23-19(21)17-9-13-3-4-15(17)8-13/h3-4,7,13-18H,2,5-6,8-11H2,1H3. The molecule has 4 rings (SSSR count). The molecule has 0 saturated heterocycles. The molecule has 4 aliphatic carbocycles. The maximum atomic E-state index is 12.2. The number of rotatable bonds is 6. The summed E-state index contributed by atoms with van der Waals surface area (Å²) in [6.45, 7) is 2.81. The van der Waals surface area contributed by atoms with Crippen molar-refractivity contribution >= 4 is 11.9 Å². The summed E-state index contributed by atoms with van der Waals surface area (Å²) in [4.78, 5) is 24.3. The zero-order chi connectivity index (χ0) is 16.7. The highest BCUT2D eigenvalue weighted by Gasteiger charge is 2.43. The SMILES string of the molecule is CC1=CC2CC(C(=O)OCCCOC(=O)C3CC4C=CC3C4)C1C2. The van der Waals surface area contributed by atoms with Crippen LogP contribution in [0.3, 0.4) is 0 Å². The fraction of sp³-hybridized carbons (Fsp3) is 0.700. The molecule has 4 nitrogen and oxygen atoms in total. The third kappa shape index (κ3) is 2.91. The predicted molar refractivity (Wildman–Crippen MR) is 88.8 cm³/mol. The van der Waals surface area contributed by atoms with E-state index in [4.69, 9.17) is 9.47 Å². The first-order chi connectivity index (χ1) is 11.6. The van der Waals surface area contributed by atoms with E-state index in [2.05, 4.69) is 25.2 Å². The molecule has 2 saturated carbocycles. The summed E-state index contributed by atoms with van der Waals surface area (Å²) in [6, 6.07) is 0. The van der Waals surface area contributed by atoms with Crippen molar-refractivity contribution in [2.45, 2.75) is 39.0 Å². The average molecular weight is 330 g/mol. The quantitative estimate of drug-likeness (QED) is 0.426. The van der Waals surface area contributed by atoms with E-state index >= 15 is 0 Å². The Kier molecular flexibility index (Phi) is 4.23. The van der Waals surface area contributed by atoms with Crippen LogP contribution in [0.5, 0.6) is 0 Å². The van der Waals surface area contributed by atoms with Crippen molar-refractivity contribution in [2.24, 2.45) is 35.5 Å². The Morgan fingerprint density at radius 2 is 1.67 bits per heavy atom. The lowest BCUT2D eigenvalue weighted by Crippen LogP contribution is -2.25. The molecule has 2 fully saturated rings. The van der Waals surface area contributed by atoms with Crippen LogP contribution < -0.4 is 0 Å². The molecule has 0 heterocycles. The van der Waals surface area contributed by atoms with Crippen molar-refractivity contribution in [3.63, 3.8) is 0 Å². The second kappa shape index (κ2) is 6.38. The number of ether oxygens (including phenoxy) is 2. The van der Waals surface area contributed by atoms with Gasteiger partial charge in [-0.15, -0.1) is 0 Å². The molecular formula is C20H26O4. The normalized spacial score (nSPS) is 38.5. The number of carbonyl (C=O) groups excluding carboxylic acids is 2. The topological polar surface area (TPSA) is 52.6 Å². The lowest BCUT2D eigenvalue weighted by atomic mass is 9.88. The number of esters is 2. The van der Waals surface area contributed by atoms with Gasteiger partial charge >= 0.3 is 11.9 Å². The number of allylic oxidation sites excluding steroid dienone is 4. The first kappa shape index (κ1) is 15.9. The van der Waals surface area contributed by atoms with Gasteiger partial charge in [-0.1, -0.05) is 23.8 Å². The van der Waals surface area contributed by atoms with Gasteiger partial charge in [0.05, 0.1) is 25.0 Å². The molecule has 4 aliphatic rings. The predicted octanol–water partition coefficient (Wildman–Crippen LogP) is 3.28. The third-order valence-corrected chi connectivity index (χ3v) is 6.34. The minimum atomic E-state index is -0.0768. The monoisotopic (exact) mass is 330 g/mol. The molecule has 6 atom stereocenters. The van der Waals surface area contributed by atoms with Crippen LogP contribution >= 0.6 is 0 Å². The molecular weight excluding hydrogens is 304 g/mol. The molecule has 0 aromatic heterocycles. The number of hydrogen-bond donors (Lipinski definition) is 0. The van der Waals surface area contributed by atoms with E-state index in [1.165, 1.54) is 5.57 Å². The molecule has 0 amide bonds. The van der Waals surface area contributed by atoms with Gasteiger partial charge in [-0.05, 0) is 56.3 Å². The molecule has 0 aromatic rings. The summed E-state index contributed by atoms with van der Waals surface area (Å²) in [5, 5.41) is 0. The Morgan fingerprint density at radius 3 is 2.25 bits per heavy atom. The van der Waals surface area contributed by atoms with Gasteiger partial charge in [0.15, 0.2) is 0 Å². The molecule has 4 heteroatoms. The van der Waals surface area contributed by atoms with E-state index in [9.17, 15) is 9.59 Å². The van der Waals surface area contributed by atoms with Gasteiger partial charge < -0.3 is 9.47 Å². The molecule has 0 aromatic carbocycles. The smallest absolute Gasteiger partial charge is 0.309 e. The van der Waals surface area contributed by atoms with Crippen LogP contribution in [0.25, 0.3) is 0 Å². The fourth-order valence-electron chi connectivity index (χ4n) is 5.14. The summed E-state index contributed by atoms with van der Waals surface area (Å²) in [7, 11) is 0. The number of hydrogen-bond acceptors (Lipinski definition) is 4. The zero-order valence-electron chi connectivity index (χ0n) is 14.3. The largest absolute Gasteiger partial charge is 0.465 e. The molecule has 0 spiro atoms. The third-order valence-electron chi connectivity index (χ3n) is 6.34. The fourth-order valence-corrected chi connectivity index (χ4v) is 5.14. The van der Waals surface area contributed by atoms with Crippen LogP contribution in [0.4, 0.5) is 0 Å². The second-order valence-electron chi connectivity index (χ2n) is 7.93. The van der Waals surface area contributed by atoms with E-state index in [-0.39, 0.29) is 23.8 Å². The van der Waals surface area contributed by atoms with Gasteiger partial charge in [0, 0.05) is 6.42 Å². The Hall–Kier alpha value is -1.58. The van der Waals surface area contributed by atoms with Crippen molar-refractivity contribution in [1.29, 1.82) is 0 Å². The van der Waals surface area contributed by atoms with Crippen molar-refractivity contribution in [3.05, 3.63) is 23.8 Å². The van der Waals surface area contributed by atoms with Gasteiger partial charge in [0.1, 0.15) is 0 Å².